The first-order valence-electron chi connectivity index (χ1n) is 7.62. The van der Waals surface area contributed by atoms with E-state index in [-0.39, 0.29) is 6.10 Å². The molecule has 1 unspecified atom stereocenters. The molecule has 2 heterocycles. The van der Waals surface area contributed by atoms with E-state index in [4.69, 9.17) is 0 Å². The third-order valence-corrected chi connectivity index (χ3v) is 4.11. The summed E-state index contributed by atoms with van der Waals surface area (Å²) in [5.74, 6) is 1.06. The predicted molar refractivity (Wildman–Crippen MR) is 80.8 cm³/mol. The fourth-order valence-electron chi connectivity index (χ4n) is 3.13. The van der Waals surface area contributed by atoms with Crippen LogP contribution < -0.4 is 0 Å². The lowest BCUT2D eigenvalue weighted by molar-refractivity contribution is 0.109. The van der Waals surface area contributed by atoms with E-state index >= 15 is 0 Å². The number of nitrogens with zero attached hydrogens (tertiary/aromatic N) is 3. The molecule has 1 saturated heterocycles. The molecule has 1 aromatic heterocycles. The number of aliphatic hydroxyl groups excluding tert-OH is 1. The van der Waals surface area contributed by atoms with Crippen molar-refractivity contribution in [1.82, 2.24) is 14.5 Å². The van der Waals surface area contributed by atoms with Gasteiger partial charge in [-0.25, -0.2) is 4.98 Å². The van der Waals surface area contributed by atoms with Crippen molar-refractivity contribution in [3.05, 3.63) is 30.1 Å². The first kappa shape index (κ1) is 13.6. The Bertz CT molecular complexity index is 572. The molecule has 1 atom stereocenters. The Kier molecular flexibility index (Phi) is 4.03. The van der Waals surface area contributed by atoms with Crippen molar-refractivity contribution in [3.8, 4) is 0 Å². The van der Waals surface area contributed by atoms with Crippen LogP contribution in [0.5, 0.6) is 0 Å². The minimum Gasteiger partial charge on any atom is -0.390 e. The smallest absolute Gasteiger partial charge is 0.109 e. The van der Waals surface area contributed by atoms with Crippen molar-refractivity contribution in [1.29, 1.82) is 0 Å². The highest BCUT2D eigenvalue weighted by Crippen LogP contribution is 2.17. The highest BCUT2D eigenvalue weighted by molar-refractivity contribution is 5.75. The molecule has 0 aliphatic carbocycles. The third-order valence-electron chi connectivity index (χ3n) is 4.11. The highest BCUT2D eigenvalue weighted by atomic mass is 16.3. The number of rotatable bonds is 5. The van der Waals surface area contributed by atoms with Crippen LogP contribution in [0, 0.1) is 0 Å². The van der Waals surface area contributed by atoms with Crippen molar-refractivity contribution < 1.29 is 5.11 Å². The van der Waals surface area contributed by atoms with Crippen LogP contribution in [-0.2, 0) is 13.0 Å². The molecule has 0 spiro atoms. The number of hydrogen-bond acceptors (Lipinski definition) is 3. The van der Waals surface area contributed by atoms with Gasteiger partial charge in [0, 0.05) is 13.0 Å². The van der Waals surface area contributed by atoms with E-state index in [9.17, 15) is 5.11 Å². The maximum Gasteiger partial charge on any atom is 0.109 e. The van der Waals surface area contributed by atoms with Crippen LogP contribution in [0.1, 0.15) is 25.6 Å². The number of aliphatic hydroxyl groups is 1. The number of para-hydroxylation sites is 2. The summed E-state index contributed by atoms with van der Waals surface area (Å²) < 4.78 is 2.18. The van der Waals surface area contributed by atoms with Gasteiger partial charge in [0.2, 0.25) is 0 Å². The summed E-state index contributed by atoms with van der Waals surface area (Å²) in [4.78, 5) is 7.01. The molecular weight excluding hydrogens is 250 g/mol. The van der Waals surface area contributed by atoms with Crippen molar-refractivity contribution in [3.63, 3.8) is 0 Å². The Hall–Kier alpha value is -1.39. The van der Waals surface area contributed by atoms with Gasteiger partial charge >= 0.3 is 0 Å². The van der Waals surface area contributed by atoms with E-state index in [1.165, 1.54) is 12.8 Å². The largest absolute Gasteiger partial charge is 0.390 e. The number of likely N-dealkylation sites (tertiary alicyclic amines) is 1. The molecule has 1 fully saturated rings. The number of hydrogen-bond donors (Lipinski definition) is 1. The summed E-state index contributed by atoms with van der Waals surface area (Å²) in [5, 5.41) is 10.4. The Balaban J connectivity index is 1.78. The zero-order valence-electron chi connectivity index (χ0n) is 12.1. The normalized spacial score (nSPS) is 17.9. The number of imidazole rings is 1. The van der Waals surface area contributed by atoms with Crippen LogP contribution in [-0.4, -0.2) is 45.3 Å². The first-order valence-corrected chi connectivity index (χ1v) is 7.62. The number of β-amino-alcohol motifs (C(OH)–C–C–N with tert-alkyl or cyclic N) is 1. The van der Waals surface area contributed by atoms with Gasteiger partial charge in [-0.1, -0.05) is 19.1 Å². The molecule has 2 aromatic rings. The fraction of sp³-hybridized carbons (Fsp3) is 0.562. The second-order valence-electron chi connectivity index (χ2n) is 5.64. The van der Waals surface area contributed by atoms with Crippen LogP contribution in [0.3, 0.4) is 0 Å². The van der Waals surface area contributed by atoms with E-state index < -0.39 is 0 Å². The molecular formula is C16H23N3O. The van der Waals surface area contributed by atoms with E-state index in [1.807, 2.05) is 18.2 Å². The van der Waals surface area contributed by atoms with Crippen molar-refractivity contribution >= 4 is 11.0 Å². The zero-order chi connectivity index (χ0) is 13.9. The summed E-state index contributed by atoms with van der Waals surface area (Å²) in [5.41, 5.74) is 2.16. The molecule has 1 aliphatic heterocycles. The van der Waals surface area contributed by atoms with Crippen molar-refractivity contribution in [2.24, 2.45) is 0 Å². The number of aromatic nitrogens is 2. The Morgan fingerprint density at radius 2 is 1.95 bits per heavy atom. The van der Waals surface area contributed by atoms with Crippen LogP contribution in [0.15, 0.2) is 24.3 Å². The topological polar surface area (TPSA) is 41.3 Å². The van der Waals surface area contributed by atoms with E-state index in [1.54, 1.807) is 0 Å². The average molecular weight is 273 g/mol. The minimum atomic E-state index is -0.323. The van der Waals surface area contributed by atoms with Crippen molar-refractivity contribution in [2.75, 3.05) is 19.6 Å². The van der Waals surface area contributed by atoms with Gasteiger partial charge in [-0.15, -0.1) is 0 Å². The lowest BCUT2D eigenvalue weighted by atomic mass is 10.3. The van der Waals surface area contributed by atoms with Crippen LogP contribution in [0.4, 0.5) is 0 Å². The zero-order valence-corrected chi connectivity index (χ0v) is 12.1. The molecule has 0 saturated carbocycles. The summed E-state index contributed by atoms with van der Waals surface area (Å²) in [6.07, 6.45) is 3.10. The number of aryl methyl sites for hydroxylation is 1. The lowest BCUT2D eigenvalue weighted by Crippen LogP contribution is -2.33. The highest BCUT2D eigenvalue weighted by Gasteiger charge is 2.18. The monoisotopic (exact) mass is 273 g/mol. The van der Waals surface area contributed by atoms with Gasteiger partial charge < -0.3 is 14.6 Å². The summed E-state index contributed by atoms with van der Waals surface area (Å²) in [7, 11) is 0. The maximum atomic E-state index is 10.4. The molecule has 1 aliphatic rings. The van der Waals surface area contributed by atoms with E-state index in [0.717, 1.165) is 42.9 Å². The molecule has 3 rings (SSSR count). The lowest BCUT2D eigenvalue weighted by Gasteiger charge is -2.20. The second-order valence-corrected chi connectivity index (χ2v) is 5.64. The quantitative estimate of drug-likeness (QED) is 0.906. The van der Waals surface area contributed by atoms with Gasteiger partial charge in [-0.3, -0.25) is 0 Å². The van der Waals surface area contributed by atoms with Gasteiger partial charge in [-0.2, -0.15) is 0 Å². The Morgan fingerprint density at radius 3 is 2.70 bits per heavy atom. The average Bonchev–Trinajstić information content (AvgIpc) is 3.07. The van der Waals surface area contributed by atoms with Gasteiger partial charge in [-0.05, 0) is 38.1 Å². The minimum absolute atomic E-state index is 0.323. The predicted octanol–water partition coefficient (Wildman–Crippen LogP) is 2.06. The van der Waals surface area contributed by atoms with Gasteiger partial charge in [0.15, 0.2) is 0 Å². The SMILES string of the molecule is CCc1nc2ccccc2n1CC(O)CN1CCCC1. The molecule has 1 aromatic carbocycles. The molecule has 0 amide bonds. The standard InChI is InChI=1S/C16H23N3O/c1-2-16-17-14-7-3-4-8-15(14)19(16)12-13(20)11-18-9-5-6-10-18/h3-4,7-8,13,20H,2,5-6,9-12H2,1H3. The van der Waals surface area contributed by atoms with Gasteiger partial charge in [0.1, 0.15) is 5.82 Å². The summed E-state index contributed by atoms with van der Waals surface area (Å²) in [6, 6.07) is 8.18. The molecule has 4 nitrogen and oxygen atoms in total. The van der Waals surface area contributed by atoms with Crippen LogP contribution in [0.2, 0.25) is 0 Å². The van der Waals surface area contributed by atoms with E-state index in [2.05, 4.69) is 27.4 Å². The van der Waals surface area contributed by atoms with Gasteiger partial charge in [0.05, 0.1) is 23.7 Å². The fourth-order valence-corrected chi connectivity index (χ4v) is 3.13. The third kappa shape index (κ3) is 2.72. The Morgan fingerprint density at radius 1 is 1.20 bits per heavy atom. The molecule has 0 bridgehead atoms. The Labute approximate surface area is 120 Å². The molecule has 4 heteroatoms. The molecule has 108 valence electrons. The van der Waals surface area contributed by atoms with Gasteiger partial charge in [0.25, 0.3) is 0 Å². The van der Waals surface area contributed by atoms with Crippen molar-refractivity contribution in [2.45, 2.75) is 38.8 Å². The molecule has 20 heavy (non-hydrogen) atoms. The number of fused-ring (bicyclic) bond motifs is 1. The molecule has 0 radical (unpaired) electrons. The number of benzene rings is 1. The maximum absolute atomic E-state index is 10.4. The van der Waals surface area contributed by atoms with E-state index in [0.29, 0.717) is 6.54 Å². The molecule has 1 N–H and O–H groups in total. The summed E-state index contributed by atoms with van der Waals surface area (Å²) >= 11 is 0. The van der Waals surface area contributed by atoms with Crippen LogP contribution >= 0.6 is 0 Å². The van der Waals surface area contributed by atoms with Crippen LogP contribution in [0.25, 0.3) is 11.0 Å². The first-order chi connectivity index (χ1) is 9.78. The second kappa shape index (κ2) is 5.94. The summed E-state index contributed by atoms with van der Waals surface area (Å²) in [6.45, 7) is 5.78.